The van der Waals surface area contributed by atoms with Crippen LogP contribution in [0.5, 0.6) is 0 Å². The Morgan fingerprint density at radius 3 is 2.09 bits per heavy atom. The van der Waals surface area contributed by atoms with Crippen molar-refractivity contribution in [3.05, 3.63) is 35.7 Å². The predicted molar refractivity (Wildman–Crippen MR) is 58.5 cm³/mol. The van der Waals surface area contributed by atoms with Crippen LogP contribution in [-0.4, -0.2) is 19.7 Å². The van der Waals surface area contributed by atoms with Gasteiger partial charge < -0.3 is 0 Å². The van der Waals surface area contributed by atoms with E-state index < -0.39 is 35.9 Å². The largest absolute Gasteiger partial charge is 0.451 e. The molecule has 116 valence electrons. The van der Waals surface area contributed by atoms with Crippen molar-refractivity contribution in [2.75, 3.05) is 0 Å². The van der Waals surface area contributed by atoms with Crippen molar-refractivity contribution in [2.24, 2.45) is 0 Å². The molecule has 0 aliphatic carbocycles. The zero-order valence-electron chi connectivity index (χ0n) is 10.4. The molecule has 0 unspecified atom stereocenters. The molecule has 0 N–H and O–H groups in total. The maximum Gasteiger partial charge on any atom is 0.451 e. The number of nitrogens with zero attached hydrogens (tertiary/aromatic N) is 5. The van der Waals surface area contributed by atoms with Crippen LogP contribution in [0.2, 0.25) is 0 Å². The molecule has 22 heavy (non-hydrogen) atoms. The highest BCUT2D eigenvalue weighted by molar-refractivity contribution is 5.31. The van der Waals surface area contributed by atoms with Gasteiger partial charge in [0.05, 0.1) is 24.9 Å². The smallest absolute Gasteiger partial charge is 0.237 e. The molecule has 0 spiro atoms. The molecule has 0 saturated carbocycles. The van der Waals surface area contributed by atoms with Crippen molar-refractivity contribution in [1.82, 2.24) is 19.7 Å². The van der Waals surface area contributed by atoms with E-state index in [2.05, 4.69) is 15.1 Å². The number of alkyl halides is 6. The second kappa shape index (κ2) is 5.28. The van der Waals surface area contributed by atoms with Crippen molar-refractivity contribution >= 4 is 0 Å². The molecule has 0 aliphatic heterocycles. The van der Waals surface area contributed by atoms with Gasteiger partial charge in [-0.2, -0.15) is 36.7 Å². The fourth-order valence-corrected chi connectivity index (χ4v) is 1.58. The molecule has 0 radical (unpaired) electrons. The Morgan fingerprint density at radius 1 is 1.05 bits per heavy atom. The van der Waals surface area contributed by atoms with Crippen LogP contribution in [0.1, 0.15) is 17.1 Å². The molecular formula is C11H5F6N5. The summed E-state index contributed by atoms with van der Waals surface area (Å²) < 4.78 is 75.9. The van der Waals surface area contributed by atoms with Gasteiger partial charge in [0.25, 0.3) is 0 Å². The van der Waals surface area contributed by atoms with Gasteiger partial charge in [0.1, 0.15) is 5.69 Å². The van der Waals surface area contributed by atoms with Crippen molar-refractivity contribution in [3.8, 4) is 11.8 Å². The van der Waals surface area contributed by atoms with E-state index in [1.54, 1.807) is 6.07 Å². The van der Waals surface area contributed by atoms with Gasteiger partial charge in [-0.3, -0.25) is 0 Å². The zero-order valence-corrected chi connectivity index (χ0v) is 10.4. The molecular weight excluding hydrogens is 316 g/mol. The number of hydrogen-bond donors (Lipinski definition) is 0. The maximum absolute atomic E-state index is 12.8. The molecule has 2 aromatic heterocycles. The van der Waals surface area contributed by atoms with E-state index >= 15 is 0 Å². The topological polar surface area (TPSA) is 67.4 Å². The fourth-order valence-electron chi connectivity index (χ4n) is 1.58. The molecule has 2 aromatic rings. The Kier molecular flexibility index (Phi) is 3.78. The molecule has 0 bridgehead atoms. The zero-order chi connectivity index (χ0) is 16.5. The minimum atomic E-state index is -4.79. The molecule has 0 aliphatic rings. The van der Waals surface area contributed by atoms with Crippen LogP contribution in [0.25, 0.3) is 5.69 Å². The third-order valence-electron chi connectivity index (χ3n) is 2.48. The van der Waals surface area contributed by atoms with Crippen LogP contribution >= 0.6 is 0 Å². The van der Waals surface area contributed by atoms with Gasteiger partial charge in [-0.25, -0.2) is 14.6 Å². The van der Waals surface area contributed by atoms with Crippen molar-refractivity contribution in [1.29, 1.82) is 5.26 Å². The SMILES string of the molecule is N#CCc1cn(-c2cnc(C(F)(F)F)nc2)nc1C(F)(F)F. The summed E-state index contributed by atoms with van der Waals surface area (Å²) in [5, 5.41) is 11.8. The highest BCUT2D eigenvalue weighted by atomic mass is 19.4. The van der Waals surface area contributed by atoms with Crippen molar-refractivity contribution in [3.63, 3.8) is 0 Å². The number of nitriles is 1. The Morgan fingerprint density at radius 2 is 1.64 bits per heavy atom. The van der Waals surface area contributed by atoms with Gasteiger partial charge in [-0.05, 0) is 0 Å². The summed E-state index contributed by atoms with van der Waals surface area (Å²) in [7, 11) is 0. The first-order valence-corrected chi connectivity index (χ1v) is 5.55. The van der Waals surface area contributed by atoms with Gasteiger partial charge in [0.2, 0.25) is 5.82 Å². The second-order valence-electron chi connectivity index (χ2n) is 4.04. The van der Waals surface area contributed by atoms with Crippen LogP contribution in [0, 0.1) is 11.3 Å². The lowest BCUT2D eigenvalue weighted by molar-refractivity contribution is -0.145. The van der Waals surface area contributed by atoms with Gasteiger partial charge in [0, 0.05) is 11.8 Å². The van der Waals surface area contributed by atoms with E-state index in [9.17, 15) is 26.3 Å². The number of hydrogen-bond acceptors (Lipinski definition) is 4. The standard InChI is InChI=1S/C11H5F6N5/c12-10(13,14)8-6(1-2-18)5-22(21-8)7-3-19-9(20-4-7)11(15,16)17/h3-5H,1H2. The summed E-state index contributed by atoms with van der Waals surface area (Å²) in [6.45, 7) is 0. The summed E-state index contributed by atoms with van der Waals surface area (Å²) >= 11 is 0. The average molecular weight is 321 g/mol. The lowest BCUT2D eigenvalue weighted by atomic mass is 10.2. The summed E-state index contributed by atoms with van der Waals surface area (Å²) in [4.78, 5) is 6.06. The second-order valence-corrected chi connectivity index (χ2v) is 4.04. The van der Waals surface area contributed by atoms with Crippen LogP contribution in [-0.2, 0) is 18.8 Å². The molecule has 0 atom stereocenters. The first-order valence-electron chi connectivity index (χ1n) is 5.55. The fraction of sp³-hybridized carbons (Fsp3) is 0.273. The van der Waals surface area contributed by atoms with Crippen molar-refractivity contribution in [2.45, 2.75) is 18.8 Å². The molecule has 0 saturated heterocycles. The molecule has 0 amide bonds. The Balaban J connectivity index is 2.43. The van der Waals surface area contributed by atoms with Crippen LogP contribution in [0.15, 0.2) is 18.6 Å². The van der Waals surface area contributed by atoms with Gasteiger partial charge >= 0.3 is 12.4 Å². The Labute approximate surface area is 118 Å². The predicted octanol–water partition coefficient (Wildman–Crippen LogP) is 2.77. The number of rotatable bonds is 2. The van der Waals surface area contributed by atoms with E-state index in [0.29, 0.717) is 17.1 Å². The lowest BCUT2D eigenvalue weighted by Gasteiger charge is -2.05. The minimum Gasteiger partial charge on any atom is -0.237 e. The summed E-state index contributed by atoms with van der Waals surface area (Å²) in [6, 6.07) is 1.56. The minimum absolute atomic E-state index is 0.192. The normalized spacial score (nSPS) is 12.2. The maximum atomic E-state index is 12.8. The van der Waals surface area contributed by atoms with E-state index in [-0.39, 0.29) is 5.69 Å². The van der Waals surface area contributed by atoms with Gasteiger partial charge in [-0.1, -0.05) is 0 Å². The monoisotopic (exact) mass is 321 g/mol. The summed E-state index contributed by atoms with van der Waals surface area (Å²) in [5.74, 6) is -1.42. The summed E-state index contributed by atoms with van der Waals surface area (Å²) in [5.41, 5.74) is -1.87. The third-order valence-corrected chi connectivity index (χ3v) is 2.48. The van der Waals surface area contributed by atoms with E-state index in [0.717, 1.165) is 6.20 Å². The Hall–Kier alpha value is -2.64. The first-order chi connectivity index (χ1) is 10.1. The molecule has 2 rings (SSSR count). The molecule has 0 aromatic carbocycles. The molecule has 2 heterocycles. The number of halogens is 6. The van der Waals surface area contributed by atoms with Gasteiger partial charge in [-0.15, -0.1) is 0 Å². The van der Waals surface area contributed by atoms with E-state index in [4.69, 9.17) is 5.26 Å². The molecule has 5 nitrogen and oxygen atoms in total. The average Bonchev–Trinajstić information content (AvgIpc) is 2.82. The molecule has 0 fully saturated rings. The molecule has 11 heteroatoms. The van der Waals surface area contributed by atoms with E-state index in [1.807, 2.05) is 0 Å². The van der Waals surface area contributed by atoms with E-state index in [1.165, 1.54) is 0 Å². The first kappa shape index (κ1) is 15.7. The van der Waals surface area contributed by atoms with Crippen molar-refractivity contribution < 1.29 is 26.3 Å². The van der Waals surface area contributed by atoms with Crippen LogP contribution in [0.3, 0.4) is 0 Å². The van der Waals surface area contributed by atoms with Crippen LogP contribution < -0.4 is 0 Å². The third kappa shape index (κ3) is 3.16. The number of aromatic nitrogens is 4. The Bertz CT molecular complexity index is 707. The quantitative estimate of drug-likeness (QED) is 0.798. The summed E-state index contributed by atoms with van der Waals surface area (Å²) in [6.07, 6.45) is -7.80. The van der Waals surface area contributed by atoms with Gasteiger partial charge in [0.15, 0.2) is 5.69 Å². The highest BCUT2D eigenvalue weighted by Gasteiger charge is 2.37. The van der Waals surface area contributed by atoms with Crippen LogP contribution in [0.4, 0.5) is 26.3 Å². The lowest BCUT2D eigenvalue weighted by Crippen LogP contribution is -2.12. The highest BCUT2D eigenvalue weighted by Crippen LogP contribution is 2.31.